The molecule has 1 fully saturated rings. The van der Waals surface area contributed by atoms with Crippen molar-refractivity contribution in [3.05, 3.63) is 12.2 Å². The molecule has 4 nitrogen and oxygen atoms in total. The van der Waals surface area contributed by atoms with Crippen molar-refractivity contribution in [2.45, 2.75) is 31.4 Å². The molecule has 0 saturated carbocycles. The van der Waals surface area contributed by atoms with Crippen LogP contribution in [0.3, 0.4) is 0 Å². The lowest BCUT2D eigenvalue weighted by Gasteiger charge is -2.28. The summed E-state index contributed by atoms with van der Waals surface area (Å²) >= 11 is 0. The highest BCUT2D eigenvalue weighted by Gasteiger charge is 2.31. The average molecular weight is 169 g/mol. The molecule has 3 rings (SSSR count). The summed E-state index contributed by atoms with van der Waals surface area (Å²) in [7, 11) is 0. The van der Waals surface area contributed by atoms with Crippen molar-refractivity contribution in [3.63, 3.8) is 0 Å². The Balaban J connectivity index is 2.19. The predicted molar refractivity (Wildman–Crippen MR) is 41.5 cm³/mol. The zero-order valence-electron chi connectivity index (χ0n) is 6.64. The van der Waals surface area contributed by atoms with Crippen LogP contribution in [0.15, 0.2) is 12.2 Å². The van der Waals surface area contributed by atoms with Crippen LogP contribution >= 0.6 is 0 Å². The second-order valence-corrected chi connectivity index (χ2v) is 3.14. The van der Waals surface area contributed by atoms with Gasteiger partial charge in [0, 0.05) is 0 Å². The summed E-state index contributed by atoms with van der Waals surface area (Å²) < 4.78 is 0. The molecule has 1 aliphatic carbocycles. The van der Waals surface area contributed by atoms with Gasteiger partial charge in [-0.05, 0) is 19.3 Å². The Labute approximate surface area is 70.4 Å². The van der Waals surface area contributed by atoms with Crippen LogP contribution in [0.25, 0.3) is 0 Å². The number of hydrogen-bond donors (Lipinski definition) is 1. The molecule has 2 bridgehead atoms. The second-order valence-electron chi connectivity index (χ2n) is 3.14. The van der Waals surface area contributed by atoms with Crippen molar-refractivity contribution in [2.75, 3.05) is 0 Å². The first kappa shape index (κ1) is 7.61. The van der Waals surface area contributed by atoms with E-state index in [0.717, 1.165) is 24.3 Å². The van der Waals surface area contributed by atoms with Gasteiger partial charge in [-0.1, -0.05) is 12.2 Å². The first-order valence-corrected chi connectivity index (χ1v) is 4.14. The van der Waals surface area contributed by atoms with Crippen LogP contribution in [0.4, 0.5) is 4.79 Å². The largest absolute Gasteiger partial charge is 0.463 e. The molecular formula is C8H11NO3. The van der Waals surface area contributed by atoms with E-state index in [4.69, 9.17) is 9.94 Å². The van der Waals surface area contributed by atoms with Crippen molar-refractivity contribution in [1.29, 1.82) is 0 Å². The minimum absolute atomic E-state index is 0.0279. The molecule has 1 saturated heterocycles. The number of nitrogens with zero attached hydrogens (tertiary/aromatic N) is 1. The SMILES string of the molecule is O=C(O)N1OC2C=CC1CCC2. The molecular weight excluding hydrogens is 158 g/mol. The van der Waals surface area contributed by atoms with E-state index in [1.54, 1.807) is 0 Å². The maximum atomic E-state index is 10.7. The fourth-order valence-corrected chi connectivity index (χ4v) is 1.67. The van der Waals surface area contributed by atoms with Crippen LogP contribution in [0.5, 0.6) is 0 Å². The Bertz CT molecular complexity index is 226. The molecule has 12 heavy (non-hydrogen) atoms. The van der Waals surface area contributed by atoms with Crippen LogP contribution in [0.1, 0.15) is 19.3 Å². The number of carbonyl (C=O) groups is 1. The lowest BCUT2D eigenvalue weighted by atomic mass is 10.1. The summed E-state index contributed by atoms with van der Waals surface area (Å²) in [5.41, 5.74) is 0. The zero-order valence-corrected chi connectivity index (χ0v) is 6.64. The predicted octanol–water partition coefficient (Wildman–Crippen LogP) is 1.39. The third-order valence-corrected chi connectivity index (χ3v) is 2.28. The van der Waals surface area contributed by atoms with Crippen LogP contribution in [0, 0.1) is 0 Å². The molecule has 0 aromatic rings. The maximum Gasteiger partial charge on any atom is 0.432 e. The molecule has 1 N–H and O–H groups in total. The number of carboxylic acid groups (broad SMARTS) is 1. The minimum Gasteiger partial charge on any atom is -0.463 e. The number of hydrogen-bond acceptors (Lipinski definition) is 2. The fourth-order valence-electron chi connectivity index (χ4n) is 1.67. The Morgan fingerprint density at radius 3 is 3.08 bits per heavy atom. The Kier molecular flexibility index (Phi) is 1.77. The van der Waals surface area contributed by atoms with Gasteiger partial charge in [-0.15, -0.1) is 0 Å². The van der Waals surface area contributed by atoms with Gasteiger partial charge < -0.3 is 5.11 Å². The highest BCUT2D eigenvalue weighted by molar-refractivity contribution is 5.64. The summed E-state index contributed by atoms with van der Waals surface area (Å²) in [6, 6.07) is -0.0683. The molecule has 1 amide bonds. The number of fused-ring (bicyclic) bond motifs is 3. The Hall–Kier alpha value is -1.03. The van der Waals surface area contributed by atoms with Gasteiger partial charge >= 0.3 is 6.09 Å². The second kappa shape index (κ2) is 2.79. The van der Waals surface area contributed by atoms with E-state index in [0.29, 0.717) is 0 Å². The number of rotatable bonds is 0. The van der Waals surface area contributed by atoms with Gasteiger partial charge in [0.15, 0.2) is 0 Å². The van der Waals surface area contributed by atoms with Gasteiger partial charge in [0.05, 0.1) is 6.04 Å². The van der Waals surface area contributed by atoms with E-state index in [2.05, 4.69) is 0 Å². The average Bonchev–Trinajstić information content (AvgIpc) is 2.36. The van der Waals surface area contributed by atoms with Crippen molar-refractivity contribution in [3.8, 4) is 0 Å². The van der Waals surface area contributed by atoms with Crippen LogP contribution in [0.2, 0.25) is 0 Å². The first-order chi connectivity index (χ1) is 5.77. The molecule has 2 atom stereocenters. The van der Waals surface area contributed by atoms with Gasteiger partial charge in [-0.2, -0.15) is 5.06 Å². The molecule has 2 heterocycles. The topological polar surface area (TPSA) is 49.8 Å². The molecule has 66 valence electrons. The molecule has 0 radical (unpaired) electrons. The lowest BCUT2D eigenvalue weighted by Crippen LogP contribution is -2.41. The van der Waals surface area contributed by atoms with E-state index in [9.17, 15) is 4.79 Å². The molecule has 2 aliphatic heterocycles. The summed E-state index contributed by atoms with van der Waals surface area (Å²) in [5.74, 6) is 0. The normalized spacial score (nSPS) is 33.5. The van der Waals surface area contributed by atoms with E-state index in [-0.39, 0.29) is 12.1 Å². The van der Waals surface area contributed by atoms with Gasteiger partial charge in [0.2, 0.25) is 0 Å². The Morgan fingerprint density at radius 2 is 2.33 bits per heavy atom. The standard InChI is InChI=1S/C8H11NO3/c10-8(11)9-6-2-1-3-7(12-9)5-4-6/h4-7H,1-3H2,(H,10,11). The van der Waals surface area contributed by atoms with E-state index < -0.39 is 6.09 Å². The smallest absolute Gasteiger partial charge is 0.432 e. The fraction of sp³-hybridized carbons (Fsp3) is 0.625. The van der Waals surface area contributed by atoms with Gasteiger partial charge in [-0.25, -0.2) is 4.79 Å². The summed E-state index contributed by atoms with van der Waals surface area (Å²) in [5, 5.41) is 9.82. The third kappa shape index (κ3) is 1.18. The minimum atomic E-state index is -0.990. The van der Waals surface area contributed by atoms with E-state index >= 15 is 0 Å². The highest BCUT2D eigenvalue weighted by atomic mass is 16.7. The highest BCUT2D eigenvalue weighted by Crippen LogP contribution is 2.25. The van der Waals surface area contributed by atoms with Crippen molar-refractivity contribution >= 4 is 6.09 Å². The summed E-state index contributed by atoms with van der Waals surface area (Å²) in [4.78, 5) is 15.9. The number of amides is 1. The van der Waals surface area contributed by atoms with Gasteiger partial charge in [0.25, 0.3) is 0 Å². The maximum absolute atomic E-state index is 10.7. The number of hydroxylamine groups is 2. The molecule has 0 spiro atoms. The van der Waals surface area contributed by atoms with Crippen molar-refractivity contribution < 1.29 is 14.7 Å². The zero-order chi connectivity index (χ0) is 8.55. The molecule has 3 aliphatic rings. The van der Waals surface area contributed by atoms with Crippen LogP contribution in [-0.2, 0) is 4.84 Å². The van der Waals surface area contributed by atoms with Crippen LogP contribution in [-0.4, -0.2) is 28.4 Å². The van der Waals surface area contributed by atoms with Gasteiger partial charge in [0.1, 0.15) is 6.10 Å². The van der Waals surface area contributed by atoms with E-state index in [1.807, 2.05) is 12.2 Å². The molecule has 2 unspecified atom stereocenters. The molecule has 0 aromatic carbocycles. The first-order valence-electron chi connectivity index (χ1n) is 4.14. The van der Waals surface area contributed by atoms with Crippen LogP contribution < -0.4 is 0 Å². The quantitative estimate of drug-likeness (QED) is 0.557. The molecule has 4 heteroatoms. The monoisotopic (exact) mass is 169 g/mol. The third-order valence-electron chi connectivity index (χ3n) is 2.28. The summed E-state index contributed by atoms with van der Waals surface area (Å²) in [6.07, 6.45) is 5.70. The Morgan fingerprint density at radius 1 is 1.50 bits per heavy atom. The van der Waals surface area contributed by atoms with E-state index in [1.165, 1.54) is 0 Å². The van der Waals surface area contributed by atoms with Crippen molar-refractivity contribution in [1.82, 2.24) is 5.06 Å². The summed E-state index contributed by atoms with van der Waals surface area (Å²) in [6.45, 7) is 0. The molecule has 0 aromatic heterocycles. The van der Waals surface area contributed by atoms with Crippen molar-refractivity contribution in [2.24, 2.45) is 0 Å². The lowest BCUT2D eigenvalue weighted by molar-refractivity contribution is -0.171. The van der Waals surface area contributed by atoms with Gasteiger partial charge in [-0.3, -0.25) is 4.84 Å².